The number of carbonyl (C=O) groups is 1. The van der Waals surface area contributed by atoms with E-state index in [4.69, 9.17) is 11.5 Å². The van der Waals surface area contributed by atoms with Crippen molar-refractivity contribution in [1.29, 1.82) is 0 Å². The Kier molecular flexibility index (Phi) is 5.29. The standard InChI is InChI=1S/C8H17N3O.ClH/c1-6(9)8(12)11-4-2-7(10)3-5-11;/h6-7H,2-5,9-10H2,1H3;1H. The molecule has 1 saturated heterocycles. The molecule has 0 spiro atoms. The van der Waals surface area contributed by atoms with Crippen molar-refractivity contribution in [2.45, 2.75) is 31.8 Å². The number of halogens is 1. The molecule has 0 aromatic heterocycles. The van der Waals surface area contributed by atoms with Crippen LogP contribution in [0.1, 0.15) is 19.8 Å². The molecular formula is C8H18ClN3O. The Morgan fingerprint density at radius 1 is 1.46 bits per heavy atom. The Morgan fingerprint density at radius 2 is 1.92 bits per heavy atom. The molecule has 4 N–H and O–H groups in total. The molecule has 0 aliphatic carbocycles. The molecule has 1 amide bonds. The van der Waals surface area contributed by atoms with Gasteiger partial charge in [0, 0.05) is 19.1 Å². The molecule has 1 atom stereocenters. The lowest BCUT2D eigenvalue weighted by Crippen LogP contribution is -2.48. The maximum atomic E-state index is 11.4. The fourth-order valence-electron chi connectivity index (χ4n) is 1.41. The van der Waals surface area contributed by atoms with Gasteiger partial charge in [-0.1, -0.05) is 0 Å². The van der Waals surface area contributed by atoms with Crippen molar-refractivity contribution in [1.82, 2.24) is 4.90 Å². The second kappa shape index (κ2) is 5.42. The third-order valence-electron chi connectivity index (χ3n) is 2.24. The van der Waals surface area contributed by atoms with Gasteiger partial charge in [0.05, 0.1) is 6.04 Å². The van der Waals surface area contributed by atoms with Crippen molar-refractivity contribution in [3.05, 3.63) is 0 Å². The van der Waals surface area contributed by atoms with Crippen LogP contribution in [0, 0.1) is 0 Å². The average Bonchev–Trinajstić information content (AvgIpc) is 2.04. The lowest BCUT2D eigenvalue weighted by molar-refractivity contribution is -0.133. The van der Waals surface area contributed by atoms with Gasteiger partial charge in [0.1, 0.15) is 0 Å². The lowest BCUT2D eigenvalue weighted by Gasteiger charge is -2.31. The van der Waals surface area contributed by atoms with Gasteiger partial charge >= 0.3 is 0 Å². The monoisotopic (exact) mass is 207 g/mol. The van der Waals surface area contributed by atoms with E-state index in [1.807, 2.05) is 0 Å². The molecule has 1 fully saturated rings. The summed E-state index contributed by atoms with van der Waals surface area (Å²) in [7, 11) is 0. The smallest absolute Gasteiger partial charge is 0.239 e. The zero-order valence-corrected chi connectivity index (χ0v) is 8.72. The van der Waals surface area contributed by atoms with Gasteiger partial charge in [-0.2, -0.15) is 0 Å². The molecule has 5 heteroatoms. The first kappa shape index (κ1) is 12.7. The number of nitrogens with zero attached hydrogens (tertiary/aromatic N) is 1. The molecule has 13 heavy (non-hydrogen) atoms. The summed E-state index contributed by atoms with van der Waals surface area (Å²) in [5, 5.41) is 0. The van der Waals surface area contributed by atoms with E-state index in [1.165, 1.54) is 0 Å². The summed E-state index contributed by atoms with van der Waals surface area (Å²) in [5.74, 6) is 0.0434. The lowest BCUT2D eigenvalue weighted by atomic mass is 10.1. The van der Waals surface area contributed by atoms with Crippen molar-refractivity contribution >= 4 is 18.3 Å². The second-order valence-corrected chi connectivity index (χ2v) is 3.45. The largest absolute Gasteiger partial charge is 0.341 e. The molecule has 1 aliphatic rings. The van der Waals surface area contributed by atoms with Gasteiger partial charge in [-0.25, -0.2) is 0 Å². The normalized spacial score (nSPS) is 20.7. The van der Waals surface area contributed by atoms with E-state index in [0.29, 0.717) is 0 Å². The number of carbonyl (C=O) groups excluding carboxylic acids is 1. The molecular weight excluding hydrogens is 190 g/mol. The van der Waals surface area contributed by atoms with Crippen LogP contribution in [-0.2, 0) is 4.79 Å². The molecule has 0 aromatic carbocycles. The van der Waals surface area contributed by atoms with Crippen LogP contribution >= 0.6 is 12.4 Å². The number of hydrogen-bond donors (Lipinski definition) is 2. The van der Waals surface area contributed by atoms with Gasteiger partial charge in [-0.15, -0.1) is 12.4 Å². The minimum atomic E-state index is -0.376. The molecule has 1 rings (SSSR count). The number of hydrogen-bond acceptors (Lipinski definition) is 3. The Labute approximate surface area is 85.0 Å². The van der Waals surface area contributed by atoms with Gasteiger partial charge in [-0.05, 0) is 19.8 Å². The Bertz CT molecular complexity index is 167. The van der Waals surface area contributed by atoms with Crippen LogP contribution < -0.4 is 11.5 Å². The highest BCUT2D eigenvalue weighted by Gasteiger charge is 2.22. The molecule has 1 heterocycles. The van der Waals surface area contributed by atoms with Crippen LogP contribution in [0.2, 0.25) is 0 Å². The predicted octanol–water partition coefficient (Wildman–Crippen LogP) is -0.295. The SMILES string of the molecule is CC(N)C(=O)N1CCC(N)CC1.Cl. The van der Waals surface area contributed by atoms with Crippen LogP contribution in [-0.4, -0.2) is 36.0 Å². The Morgan fingerprint density at radius 3 is 2.31 bits per heavy atom. The van der Waals surface area contributed by atoms with Gasteiger partial charge < -0.3 is 16.4 Å². The zero-order chi connectivity index (χ0) is 9.14. The molecule has 0 saturated carbocycles. The average molecular weight is 208 g/mol. The molecule has 78 valence electrons. The fourth-order valence-corrected chi connectivity index (χ4v) is 1.41. The van der Waals surface area contributed by atoms with Crippen LogP contribution in [0.4, 0.5) is 0 Å². The van der Waals surface area contributed by atoms with Gasteiger partial charge in [-0.3, -0.25) is 4.79 Å². The maximum absolute atomic E-state index is 11.4. The number of nitrogens with two attached hydrogens (primary N) is 2. The van der Waals surface area contributed by atoms with E-state index in [1.54, 1.807) is 11.8 Å². The first-order valence-corrected chi connectivity index (χ1v) is 4.41. The highest BCUT2D eigenvalue weighted by molar-refractivity contribution is 5.85. The summed E-state index contributed by atoms with van der Waals surface area (Å²) in [6.45, 7) is 3.25. The van der Waals surface area contributed by atoms with Crippen molar-refractivity contribution in [3.63, 3.8) is 0 Å². The van der Waals surface area contributed by atoms with E-state index in [9.17, 15) is 4.79 Å². The summed E-state index contributed by atoms with van der Waals surface area (Å²) < 4.78 is 0. The van der Waals surface area contributed by atoms with E-state index in [-0.39, 0.29) is 30.4 Å². The van der Waals surface area contributed by atoms with Gasteiger partial charge in [0.15, 0.2) is 0 Å². The molecule has 0 aromatic rings. The van der Waals surface area contributed by atoms with Crippen LogP contribution in [0.5, 0.6) is 0 Å². The number of amides is 1. The van der Waals surface area contributed by atoms with Crippen molar-refractivity contribution in [2.24, 2.45) is 11.5 Å². The van der Waals surface area contributed by atoms with E-state index < -0.39 is 0 Å². The minimum absolute atomic E-state index is 0. The first-order chi connectivity index (χ1) is 5.61. The molecule has 0 bridgehead atoms. The van der Waals surface area contributed by atoms with E-state index >= 15 is 0 Å². The van der Waals surface area contributed by atoms with Crippen LogP contribution in [0.15, 0.2) is 0 Å². The third-order valence-corrected chi connectivity index (χ3v) is 2.24. The molecule has 1 unspecified atom stereocenters. The Hall–Kier alpha value is -0.320. The summed E-state index contributed by atoms with van der Waals surface area (Å²) in [6.07, 6.45) is 1.80. The maximum Gasteiger partial charge on any atom is 0.239 e. The number of piperidine rings is 1. The molecule has 1 aliphatic heterocycles. The van der Waals surface area contributed by atoms with Crippen LogP contribution in [0.3, 0.4) is 0 Å². The predicted molar refractivity (Wildman–Crippen MR) is 54.7 cm³/mol. The van der Waals surface area contributed by atoms with Gasteiger partial charge in [0.2, 0.25) is 5.91 Å². The summed E-state index contributed by atoms with van der Waals surface area (Å²) >= 11 is 0. The third kappa shape index (κ3) is 3.50. The summed E-state index contributed by atoms with van der Waals surface area (Å²) in [6, 6.07) is -0.110. The van der Waals surface area contributed by atoms with Crippen molar-refractivity contribution in [2.75, 3.05) is 13.1 Å². The highest BCUT2D eigenvalue weighted by Crippen LogP contribution is 2.08. The fraction of sp³-hybridized carbons (Fsp3) is 0.875. The number of rotatable bonds is 1. The Balaban J connectivity index is 0.00000144. The minimum Gasteiger partial charge on any atom is -0.341 e. The first-order valence-electron chi connectivity index (χ1n) is 4.41. The van der Waals surface area contributed by atoms with Crippen molar-refractivity contribution < 1.29 is 4.79 Å². The quantitative estimate of drug-likeness (QED) is 0.621. The molecule has 0 radical (unpaired) electrons. The summed E-state index contributed by atoms with van der Waals surface area (Å²) in [5.41, 5.74) is 11.2. The molecule has 4 nitrogen and oxygen atoms in total. The highest BCUT2D eigenvalue weighted by atomic mass is 35.5. The topological polar surface area (TPSA) is 72.4 Å². The van der Waals surface area contributed by atoms with E-state index in [2.05, 4.69) is 0 Å². The number of likely N-dealkylation sites (tertiary alicyclic amines) is 1. The van der Waals surface area contributed by atoms with Crippen molar-refractivity contribution in [3.8, 4) is 0 Å². The van der Waals surface area contributed by atoms with Crippen LogP contribution in [0.25, 0.3) is 0 Å². The van der Waals surface area contributed by atoms with E-state index in [0.717, 1.165) is 25.9 Å². The zero-order valence-electron chi connectivity index (χ0n) is 7.90. The van der Waals surface area contributed by atoms with Gasteiger partial charge in [0.25, 0.3) is 0 Å². The second-order valence-electron chi connectivity index (χ2n) is 3.45. The summed E-state index contributed by atoms with van der Waals surface area (Å²) in [4.78, 5) is 13.2.